The van der Waals surface area contributed by atoms with E-state index < -0.39 is 5.60 Å². The van der Waals surface area contributed by atoms with Crippen LogP contribution in [-0.4, -0.2) is 27.6 Å². The maximum absolute atomic E-state index is 12.9. The summed E-state index contributed by atoms with van der Waals surface area (Å²) in [5.41, 5.74) is 2.76. The van der Waals surface area contributed by atoms with Gasteiger partial charge in [-0.2, -0.15) is 0 Å². The Bertz CT molecular complexity index is 1250. The standard InChI is InChI=1S/C26H28N4O3S/c1-18(20-7-5-8-21(15-20)32-4)33-26(2,3)23-17-34-25(28-23)29-24(31)22-9-6-14-30(22)16-19-10-12-27-13-11-19/h5-15,17-18H,16H2,1-4H3,(H,28,29,31). The average molecular weight is 477 g/mol. The molecule has 0 spiro atoms. The lowest BCUT2D eigenvalue weighted by atomic mass is 10.0. The Balaban J connectivity index is 1.43. The highest BCUT2D eigenvalue weighted by molar-refractivity contribution is 7.14. The molecule has 0 fully saturated rings. The number of aromatic nitrogens is 3. The summed E-state index contributed by atoms with van der Waals surface area (Å²) in [6.07, 6.45) is 5.21. The molecule has 4 rings (SSSR count). The minimum atomic E-state index is -0.649. The molecular weight excluding hydrogens is 448 g/mol. The van der Waals surface area contributed by atoms with E-state index in [2.05, 4.69) is 15.3 Å². The van der Waals surface area contributed by atoms with E-state index in [-0.39, 0.29) is 12.0 Å². The first-order chi connectivity index (χ1) is 16.4. The second-order valence-corrected chi connectivity index (χ2v) is 9.27. The topological polar surface area (TPSA) is 78.3 Å². The van der Waals surface area contributed by atoms with Crippen LogP contribution in [0.4, 0.5) is 5.13 Å². The zero-order valence-corrected chi connectivity index (χ0v) is 20.5. The van der Waals surface area contributed by atoms with Gasteiger partial charge in [0.25, 0.3) is 5.91 Å². The summed E-state index contributed by atoms with van der Waals surface area (Å²) in [7, 11) is 1.65. The van der Waals surface area contributed by atoms with Gasteiger partial charge in [0.05, 0.1) is 18.9 Å². The summed E-state index contributed by atoms with van der Waals surface area (Å²) < 4.78 is 13.6. The third-order valence-corrected chi connectivity index (χ3v) is 6.30. The van der Waals surface area contributed by atoms with Crippen LogP contribution in [0.2, 0.25) is 0 Å². The number of methoxy groups -OCH3 is 1. The summed E-state index contributed by atoms with van der Waals surface area (Å²) >= 11 is 1.38. The van der Waals surface area contributed by atoms with Crippen molar-refractivity contribution < 1.29 is 14.3 Å². The van der Waals surface area contributed by atoms with E-state index in [4.69, 9.17) is 9.47 Å². The summed E-state index contributed by atoms with van der Waals surface area (Å²) in [4.78, 5) is 21.6. The van der Waals surface area contributed by atoms with Crippen molar-refractivity contribution in [1.82, 2.24) is 14.5 Å². The molecule has 8 heteroatoms. The maximum Gasteiger partial charge on any atom is 0.274 e. The number of ether oxygens (including phenoxy) is 2. The smallest absolute Gasteiger partial charge is 0.274 e. The van der Waals surface area contributed by atoms with Crippen LogP contribution >= 0.6 is 11.3 Å². The molecule has 176 valence electrons. The summed E-state index contributed by atoms with van der Waals surface area (Å²) in [6, 6.07) is 15.4. The number of hydrogen-bond donors (Lipinski definition) is 1. The average Bonchev–Trinajstić information content (AvgIpc) is 3.50. The van der Waals surface area contributed by atoms with Gasteiger partial charge >= 0.3 is 0 Å². The van der Waals surface area contributed by atoms with Gasteiger partial charge in [0, 0.05) is 30.5 Å². The van der Waals surface area contributed by atoms with Gasteiger partial charge in [-0.15, -0.1) is 11.3 Å². The van der Waals surface area contributed by atoms with Crippen molar-refractivity contribution in [2.45, 2.75) is 39.0 Å². The molecule has 4 aromatic rings. The van der Waals surface area contributed by atoms with Crippen molar-refractivity contribution in [1.29, 1.82) is 0 Å². The van der Waals surface area contributed by atoms with Crippen molar-refractivity contribution in [2.24, 2.45) is 0 Å². The Kier molecular flexibility index (Phi) is 7.09. The fourth-order valence-corrected chi connectivity index (χ4v) is 4.54. The number of nitrogens with zero attached hydrogens (tertiary/aromatic N) is 3. The lowest BCUT2D eigenvalue weighted by molar-refractivity contribution is -0.0725. The molecule has 1 N–H and O–H groups in total. The fraction of sp³-hybridized carbons (Fsp3) is 0.269. The molecule has 34 heavy (non-hydrogen) atoms. The van der Waals surface area contributed by atoms with Crippen molar-refractivity contribution in [2.75, 3.05) is 12.4 Å². The summed E-state index contributed by atoms with van der Waals surface area (Å²) in [5, 5.41) is 5.38. The number of benzene rings is 1. The molecule has 0 saturated carbocycles. The number of amides is 1. The lowest BCUT2D eigenvalue weighted by Gasteiger charge is -2.28. The van der Waals surface area contributed by atoms with E-state index in [9.17, 15) is 4.79 Å². The lowest BCUT2D eigenvalue weighted by Crippen LogP contribution is -2.24. The molecule has 3 heterocycles. The molecule has 0 aliphatic rings. The number of carbonyl (C=O) groups is 1. The molecule has 0 radical (unpaired) electrons. The van der Waals surface area contributed by atoms with E-state index in [0.717, 1.165) is 22.6 Å². The third-order valence-electron chi connectivity index (χ3n) is 5.54. The molecule has 3 aromatic heterocycles. The molecule has 0 aliphatic heterocycles. The zero-order valence-electron chi connectivity index (χ0n) is 19.7. The van der Waals surface area contributed by atoms with Gasteiger partial charge in [0.1, 0.15) is 17.0 Å². The first-order valence-electron chi connectivity index (χ1n) is 11.0. The third kappa shape index (κ3) is 5.52. The highest BCUT2D eigenvalue weighted by atomic mass is 32.1. The van der Waals surface area contributed by atoms with Crippen molar-refractivity contribution >= 4 is 22.4 Å². The van der Waals surface area contributed by atoms with Gasteiger partial charge in [-0.3, -0.25) is 15.1 Å². The van der Waals surface area contributed by atoms with Gasteiger partial charge in [-0.1, -0.05) is 12.1 Å². The Morgan fingerprint density at radius 3 is 2.74 bits per heavy atom. The predicted octanol–water partition coefficient (Wildman–Crippen LogP) is 5.66. The van der Waals surface area contributed by atoms with Crippen LogP contribution in [-0.2, 0) is 16.9 Å². The molecule has 1 atom stereocenters. The van der Waals surface area contributed by atoms with E-state index >= 15 is 0 Å². The number of hydrogen-bond acceptors (Lipinski definition) is 6. The molecular formula is C26H28N4O3S. The second kappa shape index (κ2) is 10.2. The highest BCUT2D eigenvalue weighted by Crippen LogP contribution is 2.34. The maximum atomic E-state index is 12.9. The monoisotopic (exact) mass is 476 g/mol. The fourth-order valence-electron chi connectivity index (χ4n) is 3.68. The quantitative estimate of drug-likeness (QED) is 0.337. The normalized spacial score (nSPS) is 12.4. The zero-order chi connectivity index (χ0) is 24.1. The Morgan fingerprint density at radius 1 is 1.18 bits per heavy atom. The van der Waals surface area contributed by atoms with Gasteiger partial charge in [-0.25, -0.2) is 4.98 Å². The number of anilines is 1. The summed E-state index contributed by atoms with van der Waals surface area (Å²) in [6.45, 7) is 6.54. The van der Waals surface area contributed by atoms with E-state index in [1.807, 2.05) is 79.4 Å². The number of nitrogens with one attached hydrogen (secondary N) is 1. The largest absolute Gasteiger partial charge is 0.497 e. The van der Waals surface area contributed by atoms with E-state index in [0.29, 0.717) is 17.4 Å². The van der Waals surface area contributed by atoms with Crippen molar-refractivity contribution in [3.8, 4) is 5.75 Å². The SMILES string of the molecule is COc1cccc(C(C)OC(C)(C)c2csc(NC(=O)c3cccn3Cc3ccncc3)n2)c1. The first-order valence-corrected chi connectivity index (χ1v) is 11.9. The van der Waals surface area contributed by atoms with Gasteiger partial charge in [-0.05, 0) is 68.3 Å². The van der Waals surface area contributed by atoms with Crippen LogP contribution in [0.3, 0.4) is 0 Å². The minimum Gasteiger partial charge on any atom is -0.497 e. The number of thiazole rings is 1. The molecule has 1 unspecified atom stereocenters. The second-order valence-electron chi connectivity index (χ2n) is 8.42. The van der Waals surface area contributed by atoms with E-state index in [1.165, 1.54) is 11.3 Å². The van der Waals surface area contributed by atoms with Crippen molar-refractivity contribution in [3.05, 3.63) is 95.0 Å². The van der Waals surface area contributed by atoms with Crippen LogP contribution in [0, 0.1) is 0 Å². The van der Waals surface area contributed by atoms with Crippen LogP contribution in [0.1, 0.15) is 54.2 Å². The number of carbonyl (C=O) groups excluding carboxylic acids is 1. The number of rotatable bonds is 9. The molecule has 0 saturated heterocycles. The minimum absolute atomic E-state index is 0.165. The first kappa shape index (κ1) is 23.7. The van der Waals surface area contributed by atoms with Crippen molar-refractivity contribution in [3.63, 3.8) is 0 Å². The van der Waals surface area contributed by atoms with Crippen LogP contribution in [0.25, 0.3) is 0 Å². The summed E-state index contributed by atoms with van der Waals surface area (Å²) in [5.74, 6) is 0.585. The number of pyridine rings is 1. The molecule has 7 nitrogen and oxygen atoms in total. The molecule has 1 amide bonds. The molecule has 0 aliphatic carbocycles. The molecule has 0 bridgehead atoms. The van der Waals surface area contributed by atoms with Crippen LogP contribution in [0.5, 0.6) is 5.75 Å². The van der Waals surface area contributed by atoms with Gasteiger partial charge < -0.3 is 14.0 Å². The van der Waals surface area contributed by atoms with Crippen LogP contribution < -0.4 is 10.1 Å². The van der Waals surface area contributed by atoms with Gasteiger partial charge in [0.2, 0.25) is 0 Å². The van der Waals surface area contributed by atoms with E-state index in [1.54, 1.807) is 25.6 Å². The van der Waals surface area contributed by atoms with Crippen LogP contribution in [0.15, 0.2) is 72.5 Å². The Labute approximate surface area is 203 Å². The highest BCUT2D eigenvalue weighted by Gasteiger charge is 2.28. The predicted molar refractivity (Wildman–Crippen MR) is 133 cm³/mol. The molecule has 1 aromatic carbocycles. The Morgan fingerprint density at radius 2 is 1.97 bits per heavy atom. The Hall–Kier alpha value is -3.49. The van der Waals surface area contributed by atoms with Gasteiger partial charge in [0.15, 0.2) is 5.13 Å².